The lowest BCUT2D eigenvalue weighted by Crippen LogP contribution is -2.48. The van der Waals surface area contributed by atoms with E-state index in [1.54, 1.807) is 23.6 Å². The van der Waals surface area contributed by atoms with Crippen LogP contribution in [0.25, 0.3) is 0 Å². The van der Waals surface area contributed by atoms with Crippen LogP contribution in [-0.2, 0) is 16.0 Å². The molecule has 1 atom stereocenters. The van der Waals surface area contributed by atoms with Gasteiger partial charge in [0.1, 0.15) is 6.04 Å². The molecule has 2 amide bonds. The summed E-state index contributed by atoms with van der Waals surface area (Å²) >= 11 is 7.62. The summed E-state index contributed by atoms with van der Waals surface area (Å²) in [5.41, 5.74) is 1.16. The van der Waals surface area contributed by atoms with Gasteiger partial charge in [0.15, 0.2) is 0 Å². The first-order valence-corrected chi connectivity index (χ1v) is 11.4. The van der Waals surface area contributed by atoms with E-state index >= 15 is 0 Å². The van der Waals surface area contributed by atoms with Crippen molar-refractivity contribution in [2.45, 2.75) is 44.0 Å². The summed E-state index contributed by atoms with van der Waals surface area (Å²) in [6.45, 7) is 4.78. The maximum atomic E-state index is 12.9. The Kier molecular flexibility index (Phi) is 10.1. The van der Waals surface area contributed by atoms with Gasteiger partial charge >= 0.3 is 0 Å². The van der Waals surface area contributed by atoms with Gasteiger partial charge in [-0.25, -0.2) is 0 Å². The SMILES string of the molecule is CCNC(=O)[C@H](C)N(CCc1ccccc1)C(=O)CCCSc1ccc(Cl)cc1. The average Bonchev–Trinajstić information content (AvgIpc) is 2.73. The Balaban J connectivity index is 1.90. The summed E-state index contributed by atoms with van der Waals surface area (Å²) < 4.78 is 0. The number of benzene rings is 2. The van der Waals surface area contributed by atoms with Gasteiger partial charge in [0.2, 0.25) is 11.8 Å². The quantitative estimate of drug-likeness (QED) is 0.409. The third kappa shape index (κ3) is 8.11. The van der Waals surface area contributed by atoms with E-state index in [9.17, 15) is 9.59 Å². The van der Waals surface area contributed by atoms with Gasteiger partial charge in [0.05, 0.1) is 0 Å². The number of hydrogen-bond donors (Lipinski definition) is 1. The number of carbonyl (C=O) groups is 2. The summed E-state index contributed by atoms with van der Waals surface area (Å²) in [5.74, 6) is 0.760. The molecule has 0 saturated heterocycles. The lowest BCUT2D eigenvalue weighted by atomic mass is 10.1. The smallest absolute Gasteiger partial charge is 0.242 e. The van der Waals surface area contributed by atoms with Gasteiger partial charge in [-0.3, -0.25) is 9.59 Å². The van der Waals surface area contributed by atoms with Crippen molar-refractivity contribution in [3.05, 3.63) is 65.2 Å². The van der Waals surface area contributed by atoms with Crippen LogP contribution in [0, 0.1) is 0 Å². The summed E-state index contributed by atoms with van der Waals surface area (Å²) in [5, 5.41) is 3.54. The van der Waals surface area contributed by atoms with Gasteiger partial charge in [-0.15, -0.1) is 11.8 Å². The normalized spacial score (nSPS) is 11.7. The van der Waals surface area contributed by atoms with Crippen molar-refractivity contribution >= 4 is 35.2 Å². The number of carbonyl (C=O) groups excluding carboxylic acids is 2. The van der Waals surface area contributed by atoms with Crippen LogP contribution in [0.1, 0.15) is 32.3 Å². The molecule has 0 radical (unpaired) electrons. The summed E-state index contributed by atoms with van der Waals surface area (Å²) in [4.78, 5) is 28.1. The highest BCUT2D eigenvalue weighted by molar-refractivity contribution is 7.99. The van der Waals surface area contributed by atoms with E-state index in [1.165, 1.54) is 0 Å². The minimum atomic E-state index is -0.477. The Labute approximate surface area is 183 Å². The minimum Gasteiger partial charge on any atom is -0.355 e. The number of thioether (sulfide) groups is 1. The average molecular weight is 433 g/mol. The van der Waals surface area contributed by atoms with Gasteiger partial charge in [-0.05, 0) is 62.3 Å². The third-order valence-corrected chi connectivity index (χ3v) is 5.97. The molecule has 0 aliphatic carbocycles. The van der Waals surface area contributed by atoms with Crippen molar-refractivity contribution in [2.75, 3.05) is 18.8 Å². The van der Waals surface area contributed by atoms with Crippen molar-refractivity contribution in [1.29, 1.82) is 0 Å². The van der Waals surface area contributed by atoms with Crippen LogP contribution in [0.2, 0.25) is 5.02 Å². The summed E-state index contributed by atoms with van der Waals surface area (Å²) in [7, 11) is 0. The van der Waals surface area contributed by atoms with Crippen LogP contribution in [0.4, 0.5) is 0 Å². The Morgan fingerprint density at radius 2 is 1.79 bits per heavy atom. The molecule has 29 heavy (non-hydrogen) atoms. The molecule has 4 nitrogen and oxygen atoms in total. The number of nitrogens with one attached hydrogen (secondary N) is 1. The predicted octanol–water partition coefficient (Wildman–Crippen LogP) is 4.81. The van der Waals surface area contributed by atoms with Gasteiger partial charge in [0.25, 0.3) is 0 Å². The second-order valence-corrected chi connectivity index (χ2v) is 8.40. The molecule has 0 aliphatic rings. The molecule has 0 heterocycles. The molecule has 2 rings (SSSR count). The van der Waals surface area contributed by atoms with Crippen LogP contribution in [0.15, 0.2) is 59.5 Å². The number of hydrogen-bond acceptors (Lipinski definition) is 3. The number of halogens is 1. The van der Waals surface area contributed by atoms with E-state index in [-0.39, 0.29) is 11.8 Å². The van der Waals surface area contributed by atoms with Crippen molar-refractivity contribution in [1.82, 2.24) is 10.2 Å². The van der Waals surface area contributed by atoms with Crippen molar-refractivity contribution in [2.24, 2.45) is 0 Å². The lowest BCUT2D eigenvalue weighted by Gasteiger charge is -2.28. The lowest BCUT2D eigenvalue weighted by molar-refractivity contribution is -0.139. The molecular formula is C23H29ClN2O2S. The van der Waals surface area contributed by atoms with E-state index < -0.39 is 6.04 Å². The van der Waals surface area contributed by atoms with Gasteiger partial charge in [0, 0.05) is 29.4 Å². The first kappa shape index (κ1) is 23.3. The third-order valence-electron chi connectivity index (χ3n) is 4.62. The second kappa shape index (κ2) is 12.6. The fourth-order valence-corrected chi connectivity index (χ4v) is 3.96. The first-order chi connectivity index (χ1) is 14.0. The topological polar surface area (TPSA) is 49.4 Å². The summed E-state index contributed by atoms with van der Waals surface area (Å²) in [6.07, 6.45) is 1.92. The molecule has 0 aliphatic heterocycles. The van der Waals surface area contributed by atoms with Crippen molar-refractivity contribution < 1.29 is 9.59 Å². The van der Waals surface area contributed by atoms with Crippen LogP contribution < -0.4 is 5.32 Å². The number of rotatable bonds is 11. The molecular weight excluding hydrogens is 404 g/mol. The van der Waals surface area contributed by atoms with Gasteiger partial charge in [-0.1, -0.05) is 41.9 Å². The number of nitrogens with zero attached hydrogens (tertiary/aromatic N) is 1. The standard InChI is InChI=1S/C23H29ClN2O2S/c1-3-25-23(28)18(2)26(16-15-19-8-5-4-6-9-19)22(27)10-7-17-29-21-13-11-20(24)12-14-21/h4-6,8-9,11-14,18H,3,7,10,15-17H2,1-2H3,(H,25,28)/t18-/m0/s1. The maximum Gasteiger partial charge on any atom is 0.242 e. The van der Waals surface area contributed by atoms with E-state index in [2.05, 4.69) is 5.32 Å². The zero-order valence-electron chi connectivity index (χ0n) is 17.1. The van der Waals surface area contributed by atoms with Crippen molar-refractivity contribution in [3.8, 4) is 0 Å². The molecule has 0 aromatic heterocycles. The Bertz CT molecular complexity index is 768. The minimum absolute atomic E-state index is 0.0244. The van der Waals surface area contributed by atoms with E-state index in [0.29, 0.717) is 19.5 Å². The second-order valence-electron chi connectivity index (χ2n) is 6.80. The molecule has 6 heteroatoms. The zero-order chi connectivity index (χ0) is 21.1. The van der Waals surface area contributed by atoms with Crippen molar-refractivity contribution in [3.63, 3.8) is 0 Å². The van der Waals surface area contributed by atoms with E-state index in [0.717, 1.165) is 34.1 Å². The van der Waals surface area contributed by atoms with Gasteiger partial charge < -0.3 is 10.2 Å². The molecule has 0 bridgehead atoms. The monoisotopic (exact) mass is 432 g/mol. The van der Waals surface area contributed by atoms with Crippen LogP contribution in [-0.4, -0.2) is 41.6 Å². The molecule has 2 aromatic rings. The molecule has 0 fully saturated rings. The molecule has 1 N–H and O–H groups in total. The van der Waals surface area contributed by atoms with Gasteiger partial charge in [-0.2, -0.15) is 0 Å². The maximum absolute atomic E-state index is 12.9. The highest BCUT2D eigenvalue weighted by atomic mass is 35.5. The van der Waals surface area contributed by atoms with E-state index in [1.807, 2.05) is 61.5 Å². The Hall–Kier alpha value is -1.98. The molecule has 0 saturated carbocycles. The highest BCUT2D eigenvalue weighted by Crippen LogP contribution is 2.21. The first-order valence-electron chi connectivity index (χ1n) is 10.0. The number of likely N-dealkylation sites (N-methyl/N-ethyl adjacent to an activating group) is 1. The molecule has 156 valence electrons. The van der Waals surface area contributed by atoms with E-state index in [4.69, 9.17) is 11.6 Å². The summed E-state index contributed by atoms with van der Waals surface area (Å²) in [6, 6.07) is 17.3. The molecule has 0 spiro atoms. The largest absolute Gasteiger partial charge is 0.355 e. The number of amides is 2. The molecule has 2 aromatic carbocycles. The fourth-order valence-electron chi connectivity index (χ4n) is 2.98. The predicted molar refractivity (Wildman–Crippen MR) is 121 cm³/mol. The zero-order valence-corrected chi connectivity index (χ0v) is 18.6. The molecule has 0 unspecified atom stereocenters. The fraction of sp³-hybridized carbons (Fsp3) is 0.391. The highest BCUT2D eigenvalue weighted by Gasteiger charge is 2.24. The Morgan fingerprint density at radius 3 is 2.45 bits per heavy atom. The van der Waals surface area contributed by atoms with Crippen LogP contribution in [0.5, 0.6) is 0 Å². The van der Waals surface area contributed by atoms with Crippen LogP contribution in [0.3, 0.4) is 0 Å². The van der Waals surface area contributed by atoms with Crippen LogP contribution >= 0.6 is 23.4 Å². The Morgan fingerprint density at radius 1 is 1.10 bits per heavy atom.